The molecule has 1 aliphatic rings. The molecule has 0 aliphatic carbocycles. The molecule has 7 heteroatoms. The molecule has 0 spiro atoms. The van der Waals surface area contributed by atoms with Crippen LogP contribution >= 0.6 is 11.6 Å². The first kappa shape index (κ1) is 12.2. The van der Waals surface area contributed by atoms with Gasteiger partial charge in [0, 0.05) is 5.02 Å². The highest BCUT2D eigenvalue weighted by atomic mass is 35.5. The summed E-state index contributed by atoms with van der Waals surface area (Å²) < 4.78 is 37.3. The average molecular weight is 266 g/mol. The van der Waals surface area contributed by atoms with Crippen LogP contribution in [0.4, 0.5) is 13.2 Å². The Morgan fingerprint density at radius 3 is 2.35 bits per heavy atom. The molecule has 0 bridgehead atoms. The van der Waals surface area contributed by atoms with Crippen molar-refractivity contribution in [3.8, 4) is 0 Å². The minimum Gasteiger partial charge on any atom is -0.350 e. The maximum absolute atomic E-state index is 12.4. The van der Waals surface area contributed by atoms with Gasteiger partial charge >= 0.3 is 12.0 Å². The normalized spacial score (nSPS) is 24.4. The molecule has 0 saturated heterocycles. The van der Waals surface area contributed by atoms with Gasteiger partial charge in [-0.25, -0.2) is 0 Å². The van der Waals surface area contributed by atoms with Gasteiger partial charge in [-0.05, 0) is 17.7 Å². The van der Waals surface area contributed by atoms with Gasteiger partial charge in [-0.2, -0.15) is 13.2 Å². The molecule has 1 atom stereocenters. The highest BCUT2D eigenvalue weighted by molar-refractivity contribution is 6.30. The monoisotopic (exact) mass is 265 g/mol. The molecule has 92 valence electrons. The molecule has 0 aromatic heterocycles. The Morgan fingerprint density at radius 2 is 1.88 bits per heavy atom. The second-order valence-corrected chi connectivity index (χ2v) is 4.03. The molecule has 0 radical (unpaired) electrons. The lowest BCUT2D eigenvalue weighted by Gasteiger charge is -2.22. The molecule has 2 rings (SSSR count). The van der Waals surface area contributed by atoms with Gasteiger partial charge in [-0.1, -0.05) is 28.9 Å². The SMILES string of the molecule is OC1(C(F)(F)F)CC(c2ccc(Cl)cc2)=NO1. The maximum Gasteiger partial charge on any atom is 0.458 e. The van der Waals surface area contributed by atoms with Crippen molar-refractivity contribution >= 4 is 17.3 Å². The first-order valence-corrected chi connectivity index (χ1v) is 5.00. The van der Waals surface area contributed by atoms with E-state index in [0.717, 1.165) is 0 Å². The Hall–Kier alpha value is -1.27. The zero-order valence-electron chi connectivity index (χ0n) is 8.33. The Kier molecular flexibility index (Phi) is 2.79. The molecule has 0 fully saturated rings. The summed E-state index contributed by atoms with van der Waals surface area (Å²) in [4.78, 5) is 4.09. The van der Waals surface area contributed by atoms with Crippen LogP contribution in [0.2, 0.25) is 5.02 Å². The largest absolute Gasteiger partial charge is 0.458 e. The molecular formula is C10H7ClF3NO2. The van der Waals surface area contributed by atoms with Crippen molar-refractivity contribution in [2.75, 3.05) is 0 Å². The summed E-state index contributed by atoms with van der Waals surface area (Å²) in [6.07, 6.45) is -5.62. The lowest BCUT2D eigenvalue weighted by Crippen LogP contribution is -2.45. The maximum atomic E-state index is 12.4. The zero-order valence-corrected chi connectivity index (χ0v) is 9.09. The van der Waals surface area contributed by atoms with Crippen LogP contribution in [0.1, 0.15) is 12.0 Å². The number of rotatable bonds is 1. The van der Waals surface area contributed by atoms with Crippen molar-refractivity contribution in [2.24, 2.45) is 5.16 Å². The molecule has 1 unspecified atom stereocenters. The second-order valence-electron chi connectivity index (χ2n) is 3.60. The number of benzene rings is 1. The van der Waals surface area contributed by atoms with Crippen LogP contribution < -0.4 is 0 Å². The van der Waals surface area contributed by atoms with Crippen LogP contribution in [-0.4, -0.2) is 22.8 Å². The van der Waals surface area contributed by atoms with E-state index >= 15 is 0 Å². The number of alkyl halides is 3. The van der Waals surface area contributed by atoms with Crippen molar-refractivity contribution in [3.63, 3.8) is 0 Å². The summed E-state index contributed by atoms with van der Waals surface area (Å²) in [6.45, 7) is 0. The van der Waals surface area contributed by atoms with Crippen LogP contribution in [-0.2, 0) is 4.84 Å². The summed E-state index contributed by atoms with van der Waals surface area (Å²) >= 11 is 5.65. The van der Waals surface area contributed by atoms with E-state index in [1.165, 1.54) is 24.3 Å². The molecule has 0 saturated carbocycles. The fraction of sp³-hybridized carbons (Fsp3) is 0.300. The van der Waals surface area contributed by atoms with Gasteiger partial charge in [0.2, 0.25) is 0 Å². The van der Waals surface area contributed by atoms with Crippen molar-refractivity contribution in [2.45, 2.75) is 18.4 Å². The van der Waals surface area contributed by atoms with Crippen molar-refractivity contribution in [3.05, 3.63) is 34.9 Å². The van der Waals surface area contributed by atoms with E-state index in [-0.39, 0.29) is 5.71 Å². The first-order valence-electron chi connectivity index (χ1n) is 4.62. The van der Waals surface area contributed by atoms with E-state index < -0.39 is 18.4 Å². The molecule has 1 aromatic carbocycles. The zero-order chi connectivity index (χ0) is 12.7. The van der Waals surface area contributed by atoms with Crippen LogP contribution in [0.3, 0.4) is 0 Å². The fourth-order valence-electron chi connectivity index (χ4n) is 1.37. The minimum atomic E-state index is -4.88. The molecule has 1 aliphatic heterocycles. The van der Waals surface area contributed by atoms with E-state index in [1.54, 1.807) is 0 Å². The minimum absolute atomic E-state index is 0.0292. The van der Waals surface area contributed by atoms with Crippen LogP contribution in [0, 0.1) is 0 Å². The molecule has 17 heavy (non-hydrogen) atoms. The smallest absolute Gasteiger partial charge is 0.350 e. The molecular weight excluding hydrogens is 259 g/mol. The first-order chi connectivity index (χ1) is 7.82. The van der Waals surface area contributed by atoms with Gasteiger partial charge in [0.1, 0.15) is 0 Å². The number of aliphatic hydroxyl groups is 1. The quantitative estimate of drug-likeness (QED) is 0.848. The predicted molar refractivity (Wildman–Crippen MR) is 54.7 cm³/mol. The molecule has 3 nitrogen and oxygen atoms in total. The number of halogens is 4. The third-order valence-electron chi connectivity index (χ3n) is 2.33. The Bertz CT molecular complexity index is 458. The third kappa shape index (κ3) is 2.23. The average Bonchev–Trinajstić information content (AvgIpc) is 2.63. The summed E-state index contributed by atoms with van der Waals surface area (Å²) in [7, 11) is 0. The number of oxime groups is 1. The van der Waals surface area contributed by atoms with E-state index in [0.29, 0.717) is 10.6 Å². The number of hydrogen-bond donors (Lipinski definition) is 1. The third-order valence-corrected chi connectivity index (χ3v) is 2.59. The van der Waals surface area contributed by atoms with Gasteiger partial charge in [0.25, 0.3) is 0 Å². The molecule has 1 N–H and O–H groups in total. The topological polar surface area (TPSA) is 41.8 Å². The predicted octanol–water partition coefficient (Wildman–Crippen LogP) is 2.72. The highest BCUT2D eigenvalue weighted by Crippen LogP contribution is 2.38. The van der Waals surface area contributed by atoms with Crippen LogP contribution in [0.5, 0.6) is 0 Å². The van der Waals surface area contributed by atoms with Crippen molar-refractivity contribution in [1.82, 2.24) is 0 Å². The standard InChI is InChI=1S/C10H7ClF3NO2/c11-7-3-1-6(2-4-7)8-5-9(16,17-15-8)10(12,13)14/h1-4,16H,5H2. The van der Waals surface area contributed by atoms with Crippen LogP contribution in [0.25, 0.3) is 0 Å². The Morgan fingerprint density at radius 1 is 1.29 bits per heavy atom. The van der Waals surface area contributed by atoms with E-state index in [2.05, 4.69) is 9.99 Å². The molecule has 0 amide bonds. The van der Waals surface area contributed by atoms with Crippen molar-refractivity contribution in [1.29, 1.82) is 0 Å². The summed E-state index contributed by atoms with van der Waals surface area (Å²) in [5, 5.41) is 12.9. The second kappa shape index (κ2) is 3.89. The molecule has 1 heterocycles. The number of hydrogen-bond acceptors (Lipinski definition) is 3. The van der Waals surface area contributed by atoms with Crippen LogP contribution in [0.15, 0.2) is 29.4 Å². The number of nitrogens with zero attached hydrogens (tertiary/aromatic N) is 1. The van der Waals surface area contributed by atoms with E-state index in [4.69, 9.17) is 11.6 Å². The summed E-state index contributed by atoms with van der Waals surface area (Å²) in [6, 6.07) is 6.05. The van der Waals surface area contributed by atoms with E-state index in [1.807, 2.05) is 0 Å². The molecule has 1 aromatic rings. The van der Waals surface area contributed by atoms with Gasteiger partial charge in [-0.3, -0.25) is 0 Å². The van der Waals surface area contributed by atoms with Crippen molar-refractivity contribution < 1.29 is 23.1 Å². The summed E-state index contributed by atoms with van der Waals surface area (Å²) in [5.41, 5.74) is 0.455. The summed E-state index contributed by atoms with van der Waals surface area (Å²) in [5.74, 6) is -3.23. The highest BCUT2D eigenvalue weighted by Gasteiger charge is 2.60. The van der Waals surface area contributed by atoms with Gasteiger partial charge < -0.3 is 9.94 Å². The Labute approximate surface area is 99.4 Å². The van der Waals surface area contributed by atoms with Gasteiger partial charge in [-0.15, -0.1) is 0 Å². The fourth-order valence-corrected chi connectivity index (χ4v) is 1.50. The lowest BCUT2D eigenvalue weighted by molar-refractivity contribution is -0.355. The van der Waals surface area contributed by atoms with Gasteiger partial charge in [0.05, 0.1) is 12.1 Å². The van der Waals surface area contributed by atoms with E-state index in [9.17, 15) is 18.3 Å². The Balaban J connectivity index is 2.20. The van der Waals surface area contributed by atoms with Gasteiger partial charge in [0.15, 0.2) is 0 Å². The lowest BCUT2D eigenvalue weighted by atomic mass is 10.0.